The van der Waals surface area contributed by atoms with Gasteiger partial charge in [-0.15, -0.1) is 0 Å². The van der Waals surface area contributed by atoms with E-state index in [2.05, 4.69) is 10.4 Å². The zero-order chi connectivity index (χ0) is 13.1. The molecule has 0 aliphatic carbocycles. The number of nitrogens with zero attached hydrogens (tertiary/aromatic N) is 2. The number of amides is 1. The Balaban J connectivity index is 2.00. The summed E-state index contributed by atoms with van der Waals surface area (Å²) in [5, 5.41) is 7.04. The minimum absolute atomic E-state index is 0.0984. The zero-order valence-corrected chi connectivity index (χ0v) is 10.9. The molecule has 2 aromatic rings. The highest BCUT2D eigenvalue weighted by Crippen LogP contribution is 2.05. The van der Waals surface area contributed by atoms with E-state index in [1.807, 2.05) is 38.1 Å². The number of benzene rings is 1. The Labute approximate surface area is 107 Å². The lowest BCUT2D eigenvalue weighted by Crippen LogP contribution is -2.25. The molecule has 94 valence electrons. The number of nitrogens with one attached hydrogen (secondary N) is 1. The SMILES string of the molecule is Cc1ccc(CNC(=O)c2cc(C)nn2C)cc1. The van der Waals surface area contributed by atoms with Crippen molar-refractivity contribution in [3.8, 4) is 0 Å². The Morgan fingerprint density at radius 1 is 1.28 bits per heavy atom. The predicted molar refractivity (Wildman–Crippen MR) is 70.3 cm³/mol. The Hall–Kier alpha value is -2.10. The molecule has 4 heteroatoms. The number of hydrogen-bond donors (Lipinski definition) is 1. The maximum absolute atomic E-state index is 11.9. The molecule has 0 aliphatic heterocycles. The van der Waals surface area contributed by atoms with E-state index in [0.29, 0.717) is 12.2 Å². The van der Waals surface area contributed by atoms with Crippen molar-refractivity contribution in [2.45, 2.75) is 20.4 Å². The zero-order valence-electron chi connectivity index (χ0n) is 10.9. The molecule has 1 N–H and O–H groups in total. The third-order valence-corrected chi connectivity index (χ3v) is 2.81. The van der Waals surface area contributed by atoms with Crippen LogP contribution >= 0.6 is 0 Å². The molecule has 1 aromatic heterocycles. The van der Waals surface area contributed by atoms with E-state index < -0.39 is 0 Å². The summed E-state index contributed by atoms with van der Waals surface area (Å²) in [6, 6.07) is 9.89. The Bertz CT molecular complexity index is 555. The molecular formula is C14H17N3O. The van der Waals surface area contributed by atoms with Crippen LogP contribution in [0.5, 0.6) is 0 Å². The van der Waals surface area contributed by atoms with Gasteiger partial charge in [0.15, 0.2) is 0 Å². The number of carbonyl (C=O) groups excluding carboxylic acids is 1. The smallest absolute Gasteiger partial charge is 0.269 e. The third kappa shape index (κ3) is 2.77. The van der Waals surface area contributed by atoms with Gasteiger partial charge in [-0.1, -0.05) is 29.8 Å². The molecule has 0 atom stereocenters. The maximum Gasteiger partial charge on any atom is 0.269 e. The van der Waals surface area contributed by atoms with Crippen molar-refractivity contribution >= 4 is 5.91 Å². The second kappa shape index (κ2) is 5.04. The van der Waals surface area contributed by atoms with Gasteiger partial charge in [0.1, 0.15) is 5.69 Å². The van der Waals surface area contributed by atoms with Gasteiger partial charge in [-0.25, -0.2) is 0 Å². The number of hydrogen-bond acceptors (Lipinski definition) is 2. The summed E-state index contributed by atoms with van der Waals surface area (Å²) in [5.74, 6) is -0.0984. The molecule has 0 radical (unpaired) electrons. The van der Waals surface area contributed by atoms with Gasteiger partial charge in [0.25, 0.3) is 5.91 Å². The van der Waals surface area contributed by atoms with E-state index in [1.165, 1.54) is 5.56 Å². The maximum atomic E-state index is 11.9. The van der Waals surface area contributed by atoms with Crippen LogP contribution in [0, 0.1) is 13.8 Å². The van der Waals surface area contributed by atoms with Gasteiger partial charge in [0.05, 0.1) is 5.69 Å². The standard InChI is InChI=1S/C14H17N3O/c1-10-4-6-12(7-5-10)9-15-14(18)13-8-11(2)16-17(13)3/h4-8H,9H2,1-3H3,(H,15,18). The van der Waals surface area contributed by atoms with Crippen LogP contribution in [0.4, 0.5) is 0 Å². The lowest BCUT2D eigenvalue weighted by molar-refractivity contribution is 0.0941. The second-order valence-corrected chi connectivity index (χ2v) is 4.46. The van der Waals surface area contributed by atoms with Crippen molar-refractivity contribution in [3.63, 3.8) is 0 Å². The molecule has 1 amide bonds. The summed E-state index contributed by atoms with van der Waals surface area (Å²) in [6.07, 6.45) is 0. The van der Waals surface area contributed by atoms with E-state index in [0.717, 1.165) is 11.3 Å². The van der Waals surface area contributed by atoms with Gasteiger partial charge in [-0.05, 0) is 25.5 Å². The van der Waals surface area contributed by atoms with E-state index >= 15 is 0 Å². The molecule has 0 saturated heterocycles. The predicted octanol–water partition coefficient (Wildman–Crippen LogP) is 1.97. The second-order valence-electron chi connectivity index (χ2n) is 4.46. The summed E-state index contributed by atoms with van der Waals surface area (Å²) in [7, 11) is 1.77. The first-order valence-corrected chi connectivity index (χ1v) is 5.90. The summed E-state index contributed by atoms with van der Waals surface area (Å²) in [5.41, 5.74) is 3.73. The fourth-order valence-electron chi connectivity index (χ4n) is 1.80. The highest BCUT2D eigenvalue weighted by Gasteiger charge is 2.10. The average Bonchev–Trinajstić information content (AvgIpc) is 2.67. The van der Waals surface area contributed by atoms with Crippen LogP contribution < -0.4 is 5.32 Å². The van der Waals surface area contributed by atoms with Gasteiger partial charge < -0.3 is 5.32 Å². The normalized spacial score (nSPS) is 10.4. The number of aromatic nitrogens is 2. The summed E-state index contributed by atoms with van der Waals surface area (Å²) < 4.78 is 1.60. The van der Waals surface area contributed by atoms with Crippen molar-refractivity contribution in [3.05, 3.63) is 52.8 Å². The number of carbonyl (C=O) groups is 1. The first-order valence-electron chi connectivity index (χ1n) is 5.90. The lowest BCUT2D eigenvalue weighted by atomic mass is 10.1. The van der Waals surface area contributed by atoms with Crippen molar-refractivity contribution in [1.29, 1.82) is 0 Å². The first kappa shape index (κ1) is 12.4. The van der Waals surface area contributed by atoms with Crippen LogP contribution in [-0.2, 0) is 13.6 Å². The molecule has 1 heterocycles. The molecular weight excluding hydrogens is 226 g/mol. The van der Waals surface area contributed by atoms with Crippen molar-refractivity contribution in [1.82, 2.24) is 15.1 Å². The fraction of sp³-hybridized carbons (Fsp3) is 0.286. The van der Waals surface area contributed by atoms with Gasteiger partial charge in [-0.3, -0.25) is 9.48 Å². The summed E-state index contributed by atoms with van der Waals surface area (Å²) >= 11 is 0. The Morgan fingerprint density at radius 3 is 2.50 bits per heavy atom. The van der Waals surface area contributed by atoms with Crippen LogP contribution in [0.3, 0.4) is 0 Å². The highest BCUT2D eigenvalue weighted by atomic mass is 16.2. The molecule has 0 saturated carbocycles. The number of aryl methyl sites for hydroxylation is 3. The van der Waals surface area contributed by atoms with Gasteiger partial charge >= 0.3 is 0 Å². The van der Waals surface area contributed by atoms with Gasteiger partial charge in [0, 0.05) is 13.6 Å². The largest absolute Gasteiger partial charge is 0.347 e. The average molecular weight is 243 g/mol. The molecule has 0 aliphatic rings. The van der Waals surface area contributed by atoms with Crippen LogP contribution in [0.15, 0.2) is 30.3 Å². The van der Waals surface area contributed by atoms with Crippen LogP contribution in [-0.4, -0.2) is 15.7 Å². The number of rotatable bonds is 3. The highest BCUT2D eigenvalue weighted by molar-refractivity contribution is 5.92. The minimum atomic E-state index is -0.0984. The van der Waals surface area contributed by atoms with E-state index in [1.54, 1.807) is 17.8 Å². The van der Waals surface area contributed by atoms with E-state index in [-0.39, 0.29) is 5.91 Å². The topological polar surface area (TPSA) is 46.9 Å². The molecule has 4 nitrogen and oxygen atoms in total. The Kier molecular flexibility index (Phi) is 3.46. The lowest BCUT2D eigenvalue weighted by Gasteiger charge is -2.05. The first-order chi connectivity index (χ1) is 8.56. The van der Waals surface area contributed by atoms with Crippen molar-refractivity contribution in [2.75, 3.05) is 0 Å². The van der Waals surface area contributed by atoms with Gasteiger partial charge in [0.2, 0.25) is 0 Å². The third-order valence-electron chi connectivity index (χ3n) is 2.81. The summed E-state index contributed by atoms with van der Waals surface area (Å²) in [6.45, 7) is 4.45. The van der Waals surface area contributed by atoms with Crippen LogP contribution in [0.25, 0.3) is 0 Å². The monoisotopic (exact) mass is 243 g/mol. The molecule has 1 aromatic carbocycles. The van der Waals surface area contributed by atoms with Crippen LogP contribution in [0.2, 0.25) is 0 Å². The van der Waals surface area contributed by atoms with E-state index in [9.17, 15) is 4.79 Å². The van der Waals surface area contributed by atoms with Crippen molar-refractivity contribution < 1.29 is 4.79 Å². The van der Waals surface area contributed by atoms with Gasteiger partial charge in [-0.2, -0.15) is 5.10 Å². The quantitative estimate of drug-likeness (QED) is 0.895. The molecule has 0 bridgehead atoms. The molecule has 0 fully saturated rings. The molecule has 0 spiro atoms. The summed E-state index contributed by atoms with van der Waals surface area (Å²) in [4.78, 5) is 11.9. The molecule has 18 heavy (non-hydrogen) atoms. The van der Waals surface area contributed by atoms with Crippen LogP contribution in [0.1, 0.15) is 27.3 Å². The molecule has 2 rings (SSSR count). The molecule has 0 unspecified atom stereocenters. The Morgan fingerprint density at radius 2 is 1.94 bits per heavy atom. The minimum Gasteiger partial charge on any atom is -0.347 e. The fourth-order valence-corrected chi connectivity index (χ4v) is 1.80. The van der Waals surface area contributed by atoms with Crippen molar-refractivity contribution in [2.24, 2.45) is 7.05 Å². The van der Waals surface area contributed by atoms with E-state index in [4.69, 9.17) is 0 Å².